The molecule has 0 radical (unpaired) electrons. The number of ether oxygens (including phenoxy) is 2. The van der Waals surface area contributed by atoms with Crippen LogP contribution < -0.4 is 10.5 Å². The fraction of sp³-hybridized carbons (Fsp3) is 0.304. The number of rotatable bonds is 6. The number of hydrogen-bond acceptors (Lipinski definition) is 7. The second-order valence-electron chi connectivity index (χ2n) is 7.51. The maximum absolute atomic E-state index is 13.2. The van der Waals surface area contributed by atoms with Crippen LogP contribution in [0.2, 0.25) is 0 Å². The number of nitrogens with two attached hydrogens (primary N) is 1. The summed E-state index contributed by atoms with van der Waals surface area (Å²) in [6.45, 7) is 3.39. The van der Waals surface area contributed by atoms with Gasteiger partial charge in [0.15, 0.2) is 0 Å². The summed E-state index contributed by atoms with van der Waals surface area (Å²) in [5.41, 5.74) is 8.88. The zero-order chi connectivity index (χ0) is 22.5. The van der Waals surface area contributed by atoms with Gasteiger partial charge in [0.25, 0.3) is 0 Å². The van der Waals surface area contributed by atoms with Crippen molar-refractivity contribution in [3.63, 3.8) is 0 Å². The van der Waals surface area contributed by atoms with E-state index in [2.05, 4.69) is 15.0 Å². The number of halogens is 1. The molecule has 4 rings (SSSR count). The Morgan fingerprint density at radius 2 is 2.06 bits per heavy atom. The largest absolute Gasteiger partial charge is 0.493 e. The van der Waals surface area contributed by atoms with Crippen LogP contribution in [0.1, 0.15) is 23.9 Å². The van der Waals surface area contributed by atoms with Gasteiger partial charge >= 0.3 is 0 Å². The van der Waals surface area contributed by atoms with E-state index in [1.54, 1.807) is 29.4 Å². The summed E-state index contributed by atoms with van der Waals surface area (Å²) in [5.74, 6) is 0.196. The lowest BCUT2D eigenvalue weighted by molar-refractivity contribution is -0.139. The number of carbonyl (C=O) groups excluding carboxylic acids is 1. The minimum absolute atomic E-state index is 0.0467. The fourth-order valence-corrected chi connectivity index (χ4v) is 3.54. The quantitative estimate of drug-likeness (QED) is 0.632. The molecule has 32 heavy (non-hydrogen) atoms. The molecule has 3 aromatic rings. The van der Waals surface area contributed by atoms with Crippen molar-refractivity contribution in [2.75, 3.05) is 32.0 Å². The summed E-state index contributed by atoms with van der Waals surface area (Å²) in [4.78, 5) is 27.1. The fourth-order valence-electron chi connectivity index (χ4n) is 3.54. The number of morpholine rings is 1. The Kier molecular flexibility index (Phi) is 6.55. The van der Waals surface area contributed by atoms with Crippen LogP contribution in [-0.2, 0) is 9.53 Å². The van der Waals surface area contributed by atoms with E-state index in [9.17, 15) is 9.18 Å². The van der Waals surface area contributed by atoms with Gasteiger partial charge in [-0.2, -0.15) is 0 Å². The minimum atomic E-state index is -0.375. The van der Waals surface area contributed by atoms with Gasteiger partial charge in [-0.1, -0.05) is 6.07 Å². The van der Waals surface area contributed by atoms with Crippen LogP contribution in [0.3, 0.4) is 0 Å². The van der Waals surface area contributed by atoms with Gasteiger partial charge < -0.3 is 20.1 Å². The van der Waals surface area contributed by atoms with Gasteiger partial charge in [0.1, 0.15) is 17.7 Å². The number of benzene rings is 1. The highest BCUT2D eigenvalue weighted by molar-refractivity contribution is 5.76. The molecule has 2 N–H and O–H groups in total. The molecule has 2 aromatic heterocycles. The number of aryl methyl sites for hydroxylation is 1. The second-order valence-corrected chi connectivity index (χ2v) is 7.51. The van der Waals surface area contributed by atoms with Crippen molar-refractivity contribution < 1.29 is 18.7 Å². The Balaban J connectivity index is 1.40. The summed E-state index contributed by atoms with van der Waals surface area (Å²) in [6, 6.07) is 9.73. The third-order valence-electron chi connectivity index (χ3n) is 5.11. The summed E-state index contributed by atoms with van der Waals surface area (Å²) < 4.78 is 24.7. The molecule has 1 amide bonds. The Bertz CT molecular complexity index is 1090. The first-order chi connectivity index (χ1) is 15.5. The van der Waals surface area contributed by atoms with Crippen molar-refractivity contribution in [1.82, 2.24) is 19.9 Å². The lowest BCUT2D eigenvalue weighted by atomic mass is 10.1. The van der Waals surface area contributed by atoms with Crippen molar-refractivity contribution in [3.8, 4) is 16.9 Å². The third kappa shape index (κ3) is 5.36. The molecule has 1 fully saturated rings. The van der Waals surface area contributed by atoms with Gasteiger partial charge in [-0.05, 0) is 36.8 Å². The van der Waals surface area contributed by atoms with Crippen LogP contribution in [0, 0.1) is 12.7 Å². The van der Waals surface area contributed by atoms with Crippen LogP contribution in [0.4, 0.5) is 10.3 Å². The average molecular weight is 437 g/mol. The number of nitrogen functional groups attached to an aromatic ring is 1. The number of nitrogens with zero attached hydrogens (tertiary/aromatic N) is 4. The number of anilines is 1. The van der Waals surface area contributed by atoms with Crippen LogP contribution >= 0.6 is 0 Å². The summed E-state index contributed by atoms with van der Waals surface area (Å²) in [5, 5.41) is 0. The topological polar surface area (TPSA) is 103 Å². The maximum Gasteiger partial charge on any atom is 0.226 e. The van der Waals surface area contributed by atoms with E-state index in [-0.39, 0.29) is 36.8 Å². The van der Waals surface area contributed by atoms with Gasteiger partial charge in [0, 0.05) is 36.3 Å². The van der Waals surface area contributed by atoms with Gasteiger partial charge in [-0.15, -0.1) is 0 Å². The second kappa shape index (κ2) is 9.69. The molecule has 1 atom stereocenters. The molecule has 0 spiro atoms. The number of pyridine rings is 1. The molecule has 1 saturated heterocycles. The van der Waals surface area contributed by atoms with E-state index < -0.39 is 0 Å². The molecule has 8 nitrogen and oxygen atoms in total. The number of carbonyl (C=O) groups is 1. The van der Waals surface area contributed by atoms with E-state index in [0.717, 1.165) is 22.5 Å². The van der Waals surface area contributed by atoms with Crippen LogP contribution in [0.15, 0.2) is 48.8 Å². The van der Waals surface area contributed by atoms with E-state index in [0.29, 0.717) is 25.4 Å². The van der Waals surface area contributed by atoms with Gasteiger partial charge in [0.2, 0.25) is 11.9 Å². The zero-order valence-electron chi connectivity index (χ0n) is 17.7. The lowest BCUT2D eigenvalue weighted by Crippen LogP contribution is -2.42. The molecule has 1 aliphatic rings. The first-order valence-corrected chi connectivity index (χ1v) is 10.3. The first-order valence-electron chi connectivity index (χ1n) is 10.3. The molecule has 1 aromatic carbocycles. The van der Waals surface area contributed by atoms with Crippen molar-refractivity contribution in [2.24, 2.45) is 0 Å². The van der Waals surface area contributed by atoms with Gasteiger partial charge in [-0.3, -0.25) is 9.78 Å². The Labute approximate surface area is 185 Å². The molecule has 166 valence electrons. The molecule has 9 heteroatoms. The highest BCUT2D eigenvalue weighted by atomic mass is 19.1. The standard InChI is InChI=1S/C23H24FN5O3/c1-15-9-16(17-12-26-23(25)27-13-17)10-20(28-15)21-14-29(6-8-32-21)22(30)5-7-31-19-4-2-3-18(24)11-19/h2-4,9-13,21H,5-8,14H2,1H3,(H2,25,26,27)/t21-/m1/s1. The van der Waals surface area contributed by atoms with Crippen molar-refractivity contribution in [2.45, 2.75) is 19.4 Å². The average Bonchev–Trinajstić information content (AvgIpc) is 2.79. The summed E-state index contributed by atoms with van der Waals surface area (Å²) >= 11 is 0. The minimum Gasteiger partial charge on any atom is -0.493 e. The zero-order valence-corrected chi connectivity index (χ0v) is 17.7. The summed E-state index contributed by atoms with van der Waals surface area (Å²) in [6.07, 6.45) is 3.18. The van der Waals surface area contributed by atoms with Crippen LogP contribution in [-0.4, -0.2) is 52.1 Å². The van der Waals surface area contributed by atoms with E-state index in [1.165, 1.54) is 12.1 Å². The Morgan fingerprint density at radius 3 is 2.84 bits per heavy atom. The smallest absolute Gasteiger partial charge is 0.226 e. The number of amides is 1. The summed E-state index contributed by atoms with van der Waals surface area (Å²) in [7, 11) is 0. The molecule has 1 aliphatic heterocycles. The van der Waals surface area contributed by atoms with E-state index in [4.69, 9.17) is 15.2 Å². The highest BCUT2D eigenvalue weighted by Crippen LogP contribution is 2.27. The molecule has 0 aliphatic carbocycles. The molecule has 0 saturated carbocycles. The van der Waals surface area contributed by atoms with Crippen molar-refractivity contribution in [1.29, 1.82) is 0 Å². The van der Waals surface area contributed by atoms with Crippen LogP contribution in [0.5, 0.6) is 5.75 Å². The van der Waals surface area contributed by atoms with Gasteiger partial charge in [-0.25, -0.2) is 14.4 Å². The van der Waals surface area contributed by atoms with Crippen molar-refractivity contribution >= 4 is 11.9 Å². The normalized spacial score (nSPS) is 16.1. The first kappa shape index (κ1) is 21.6. The van der Waals surface area contributed by atoms with Crippen LogP contribution in [0.25, 0.3) is 11.1 Å². The Morgan fingerprint density at radius 1 is 1.25 bits per heavy atom. The number of hydrogen-bond donors (Lipinski definition) is 1. The molecular weight excluding hydrogens is 413 g/mol. The predicted octanol–water partition coefficient (Wildman–Crippen LogP) is 2.94. The monoisotopic (exact) mass is 437 g/mol. The molecule has 3 heterocycles. The number of aromatic nitrogens is 3. The SMILES string of the molecule is Cc1cc(-c2cnc(N)nc2)cc([C@H]2CN(C(=O)CCOc3cccc(F)c3)CCO2)n1. The predicted molar refractivity (Wildman–Crippen MR) is 116 cm³/mol. The van der Waals surface area contributed by atoms with Gasteiger partial charge in [0.05, 0.1) is 31.9 Å². The van der Waals surface area contributed by atoms with E-state index >= 15 is 0 Å². The molecule has 0 bridgehead atoms. The Hall–Kier alpha value is -3.59. The highest BCUT2D eigenvalue weighted by Gasteiger charge is 2.26. The van der Waals surface area contributed by atoms with Crippen molar-refractivity contribution in [3.05, 3.63) is 66.0 Å². The lowest BCUT2D eigenvalue weighted by Gasteiger charge is -2.33. The molecule has 0 unspecified atom stereocenters. The molecular formula is C23H24FN5O3. The third-order valence-corrected chi connectivity index (χ3v) is 5.11. The maximum atomic E-state index is 13.2. The van der Waals surface area contributed by atoms with E-state index in [1.807, 2.05) is 19.1 Å².